The predicted molar refractivity (Wildman–Crippen MR) is 76.3 cm³/mol. The summed E-state index contributed by atoms with van der Waals surface area (Å²) in [6.07, 6.45) is 3.15. The molecule has 106 valence electrons. The number of carbonyl (C=O) groups is 2. The minimum absolute atomic E-state index is 0.0924. The van der Waals surface area contributed by atoms with Crippen LogP contribution < -0.4 is 5.32 Å². The van der Waals surface area contributed by atoms with Crippen LogP contribution in [-0.2, 0) is 11.3 Å². The summed E-state index contributed by atoms with van der Waals surface area (Å²) in [5.74, 6) is -0.673. The van der Waals surface area contributed by atoms with Crippen LogP contribution in [0.25, 0.3) is 0 Å². The fourth-order valence-corrected chi connectivity index (χ4v) is 2.45. The van der Waals surface area contributed by atoms with E-state index in [-0.39, 0.29) is 16.8 Å². The fraction of sp³-hybridized carbons (Fsp3) is 0.375. The molecule has 0 saturated carbocycles. The Balaban J connectivity index is 2.00. The number of benzene rings is 1. The minimum atomic E-state index is -0.924. The van der Waals surface area contributed by atoms with Crippen LogP contribution >= 0.6 is 0 Å². The van der Waals surface area contributed by atoms with Gasteiger partial charge in [0.2, 0.25) is 0 Å². The highest BCUT2D eigenvalue weighted by atomic mass is 16.4. The highest BCUT2D eigenvalue weighted by Gasteiger charge is 2.25. The van der Waals surface area contributed by atoms with Gasteiger partial charge >= 0.3 is 5.97 Å². The van der Waals surface area contributed by atoms with Gasteiger partial charge in [-0.15, -0.1) is 0 Å². The summed E-state index contributed by atoms with van der Waals surface area (Å²) in [6, 6.07) is 6.74. The molecule has 20 heavy (non-hydrogen) atoms. The quantitative estimate of drug-likeness (QED) is 0.885. The Morgan fingerprint density at radius 1 is 1.30 bits per heavy atom. The Kier molecular flexibility index (Phi) is 3.93. The van der Waals surface area contributed by atoms with Gasteiger partial charge in [-0.05, 0) is 23.1 Å². The van der Waals surface area contributed by atoms with Gasteiger partial charge in [0.15, 0.2) is 0 Å². The summed E-state index contributed by atoms with van der Waals surface area (Å²) < 4.78 is 0. The predicted octanol–water partition coefficient (Wildman–Crippen LogP) is 2.75. The number of Topliss-reactive ketones (excluding diaryl/α,β-unsaturated/α-hetero) is 1. The molecule has 2 N–H and O–H groups in total. The van der Waals surface area contributed by atoms with Gasteiger partial charge in [0.1, 0.15) is 5.78 Å². The number of nitrogens with one attached hydrogen (secondary N) is 1. The SMILES string of the molecule is CC1(C)C=C(NCc2ccc(C(=O)O)cc2)CC(=O)C1. The van der Waals surface area contributed by atoms with E-state index in [1.807, 2.05) is 13.8 Å². The number of carboxylic acid groups (broad SMARTS) is 1. The van der Waals surface area contributed by atoms with Gasteiger partial charge in [0.25, 0.3) is 0 Å². The Hall–Kier alpha value is -2.10. The zero-order valence-corrected chi connectivity index (χ0v) is 11.8. The minimum Gasteiger partial charge on any atom is -0.478 e. The molecule has 1 aromatic rings. The summed E-state index contributed by atoms with van der Waals surface area (Å²) in [6.45, 7) is 4.69. The molecule has 0 unspecified atom stereocenters. The molecule has 0 atom stereocenters. The van der Waals surface area contributed by atoms with Crippen molar-refractivity contribution in [2.75, 3.05) is 0 Å². The molecule has 4 nitrogen and oxygen atoms in total. The normalized spacial score (nSPS) is 17.5. The molecule has 1 aliphatic rings. The molecule has 0 fully saturated rings. The maximum absolute atomic E-state index is 11.7. The van der Waals surface area contributed by atoms with Crippen LogP contribution in [0.4, 0.5) is 0 Å². The molecule has 0 bridgehead atoms. The van der Waals surface area contributed by atoms with Gasteiger partial charge in [0, 0.05) is 25.1 Å². The van der Waals surface area contributed by atoms with E-state index in [1.54, 1.807) is 24.3 Å². The third kappa shape index (κ3) is 3.70. The summed E-state index contributed by atoms with van der Waals surface area (Å²) in [5, 5.41) is 12.1. The highest BCUT2D eigenvalue weighted by Crippen LogP contribution is 2.30. The molecule has 0 radical (unpaired) electrons. The van der Waals surface area contributed by atoms with Gasteiger partial charge < -0.3 is 10.4 Å². The second-order valence-electron chi connectivity index (χ2n) is 5.91. The summed E-state index contributed by atoms with van der Waals surface area (Å²) in [7, 11) is 0. The van der Waals surface area contributed by atoms with E-state index in [0.29, 0.717) is 19.4 Å². The average Bonchev–Trinajstić information content (AvgIpc) is 2.34. The number of aromatic carboxylic acids is 1. The van der Waals surface area contributed by atoms with Crippen LogP contribution in [0.1, 0.15) is 42.6 Å². The number of allylic oxidation sites excluding steroid dienone is 2. The smallest absolute Gasteiger partial charge is 0.335 e. The van der Waals surface area contributed by atoms with E-state index in [0.717, 1.165) is 11.3 Å². The zero-order valence-electron chi connectivity index (χ0n) is 11.8. The van der Waals surface area contributed by atoms with Crippen molar-refractivity contribution in [3.05, 3.63) is 47.2 Å². The van der Waals surface area contributed by atoms with E-state index < -0.39 is 5.97 Å². The van der Waals surface area contributed by atoms with Gasteiger partial charge in [-0.25, -0.2) is 4.79 Å². The Morgan fingerprint density at radius 3 is 2.50 bits per heavy atom. The molecule has 0 aromatic heterocycles. The van der Waals surface area contributed by atoms with E-state index in [1.165, 1.54) is 0 Å². The highest BCUT2D eigenvalue weighted by molar-refractivity contribution is 5.87. The van der Waals surface area contributed by atoms with E-state index in [2.05, 4.69) is 11.4 Å². The maximum Gasteiger partial charge on any atom is 0.335 e. The van der Waals surface area contributed by atoms with Crippen molar-refractivity contribution in [1.29, 1.82) is 0 Å². The number of carbonyl (C=O) groups excluding carboxylic acids is 1. The number of hydrogen-bond acceptors (Lipinski definition) is 3. The molecular weight excluding hydrogens is 254 g/mol. The molecule has 0 saturated heterocycles. The molecule has 1 aliphatic carbocycles. The molecule has 0 amide bonds. The number of carboxylic acids is 1. The number of ketones is 1. The second kappa shape index (κ2) is 5.49. The monoisotopic (exact) mass is 273 g/mol. The topological polar surface area (TPSA) is 66.4 Å². The Bertz CT molecular complexity index is 556. The van der Waals surface area contributed by atoms with Crippen molar-refractivity contribution < 1.29 is 14.7 Å². The van der Waals surface area contributed by atoms with E-state index in [4.69, 9.17) is 5.11 Å². The van der Waals surface area contributed by atoms with Gasteiger partial charge in [-0.1, -0.05) is 32.1 Å². The fourth-order valence-electron chi connectivity index (χ4n) is 2.45. The molecular formula is C16H19NO3. The largest absolute Gasteiger partial charge is 0.478 e. The molecule has 0 heterocycles. The van der Waals surface area contributed by atoms with Crippen LogP contribution in [0.5, 0.6) is 0 Å². The molecule has 1 aromatic carbocycles. The number of hydrogen-bond donors (Lipinski definition) is 2. The first-order valence-corrected chi connectivity index (χ1v) is 6.65. The van der Waals surface area contributed by atoms with E-state index >= 15 is 0 Å². The first kappa shape index (κ1) is 14.3. The van der Waals surface area contributed by atoms with Gasteiger partial charge in [-0.3, -0.25) is 4.79 Å². The summed E-state index contributed by atoms with van der Waals surface area (Å²) in [4.78, 5) is 22.4. The van der Waals surface area contributed by atoms with Crippen molar-refractivity contribution in [3.63, 3.8) is 0 Å². The van der Waals surface area contributed by atoms with Crippen molar-refractivity contribution in [3.8, 4) is 0 Å². The van der Waals surface area contributed by atoms with Crippen LogP contribution in [0.3, 0.4) is 0 Å². The second-order valence-corrected chi connectivity index (χ2v) is 5.91. The standard InChI is InChI=1S/C16H19NO3/c1-16(2)8-13(7-14(18)9-16)17-10-11-3-5-12(6-4-11)15(19)20/h3-6,8,17H,7,9-10H2,1-2H3,(H,19,20). The van der Waals surface area contributed by atoms with Crippen molar-refractivity contribution >= 4 is 11.8 Å². The molecule has 2 rings (SSSR count). The molecule has 0 aliphatic heterocycles. The van der Waals surface area contributed by atoms with Crippen molar-refractivity contribution in [2.45, 2.75) is 33.2 Å². The molecule has 0 spiro atoms. The first-order chi connectivity index (χ1) is 9.35. The lowest BCUT2D eigenvalue weighted by Gasteiger charge is -2.27. The number of rotatable bonds is 4. The summed E-state index contributed by atoms with van der Waals surface area (Å²) in [5.41, 5.74) is 2.13. The Labute approximate surface area is 118 Å². The Morgan fingerprint density at radius 2 is 1.95 bits per heavy atom. The van der Waals surface area contributed by atoms with Gasteiger partial charge in [-0.2, -0.15) is 0 Å². The van der Waals surface area contributed by atoms with Crippen molar-refractivity contribution in [1.82, 2.24) is 5.32 Å². The molecule has 4 heteroatoms. The lowest BCUT2D eigenvalue weighted by atomic mass is 9.81. The summed E-state index contributed by atoms with van der Waals surface area (Å²) >= 11 is 0. The first-order valence-electron chi connectivity index (χ1n) is 6.65. The van der Waals surface area contributed by atoms with Crippen molar-refractivity contribution in [2.24, 2.45) is 5.41 Å². The van der Waals surface area contributed by atoms with E-state index in [9.17, 15) is 9.59 Å². The maximum atomic E-state index is 11.7. The zero-order chi connectivity index (χ0) is 14.8. The van der Waals surface area contributed by atoms with Crippen LogP contribution in [0, 0.1) is 5.41 Å². The third-order valence-electron chi connectivity index (χ3n) is 3.33. The van der Waals surface area contributed by atoms with Crippen LogP contribution in [0.2, 0.25) is 0 Å². The van der Waals surface area contributed by atoms with Crippen LogP contribution in [0.15, 0.2) is 36.0 Å². The average molecular weight is 273 g/mol. The third-order valence-corrected chi connectivity index (χ3v) is 3.33. The van der Waals surface area contributed by atoms with Gasteiger partial charge in [0.05, 0.1) is 5.56 Å². The van der Waals surface area contributed by atoms with Crippen LogP contribution in [-0.4, -0.2) is 16.9 Å². The lowest BCUT2D eigenvalue weighted by Crippen LogP contribution is -2.26. The lowest BCUT2D eigenvalue weighted by molar-refractivity contribution is -0.120.